The number of nitrogens with zero attached hydrogens (tertiary/aromatic N) is 1. The van der Waals surface area contributed by atoms with E-state index in [0.717, 1.165) is 0 Å². The zero-order valence-electron chi connectivity index (χ0n) is 6.10. The molecule has 0 aliphatic rings. The Morgan fingerprint density at radius 3 is 2.42 bits per heavy atom. The Labute approximate surface area is 68.8 Å². The fourth-order valence-electron chi connectivity index (χ4n) is 0.496. The lowest BCUT2D eigenvalue weighted by Crippen LogP contribution is -2.30. The Morgan fingerprint density at radius 1 is 1.58 bits per heavy atom. The van der Waals surface area contributed by atoms with Gasteiger partial charge in [0.15, 0.2) is 0 Å². The van der Waals surface area contributed by atoms with Crippen LogP contribution in [0.1, 0.15) is 6.42 Å². The summed E-state index contributed by atoms with van der Waals surface area (Å²) >= 11 is 0. The van der Waals surface area contributed by atoms with E-state index in [1.807, 2.05) is 0 Å². The van der Waals surface area contributed by atoms with Crippen molar-refractivity contribution in [3.05, 3.63) is 0 Å². The highest BCUT2D eigenvalue weighted by atomic mass is 32.2. The number of carbonyl (C=O) groups is 1. The molecule has 0 bridgehead atoms. The SMILES string of the molecule is NC(=O)N(F)CCCS(=O)(=O)O. The smallest absolute Gasteiger partial charge is 0.342 e. The molecule has 0 atom stereocenters. The number of carbonyl (C=O) groups excluding carboxylic acids is 1. The van der Waals surface area contributed by atoms with Gasteiger partial charge in [0.05, 0.1) is 12.3 Å². The molecule has 0 rings (SSSR count). The maximum absolute atomic E-state index is 12.2. The summed E-state index contributed by atoms with van der Waals surface area (Å²) < 4.78 is 40.5. The van der Waals surface area contributed by atoms with E-state index in [2.05, 4.69) is 5.73 Å². The van der Waals surface area contributed by atoms with Gasteiger partial charge < -0.3 is 5.73 Å². The number of nitrogens with two attached hydrogens (primary N) is 1. The maximum atomic E-state index is 12.2. The van der Waals surface area contributed by atoms with Crippen LogP contribution in [0.3, 0.4) is 0 Å². The summed E-state index contributed by atoms with van der Waals surface area (Å²) in [5.41, 5.74) is 4.49. The Hall–Kier alpha value is -0.890. The number of hydrogen-bond donors (Lipinski definition) is 2. The molecule has 8 heteroatoms. The molecule has 6 nitrogen and oxygen atoms in total. The number of amides is 2. The molecule has 3 N–H and O–H groups in total. The van der Waals surface area contributed by atoms with Crippen molar-refractivity contribution in [3.63, 3.8) is 0 Å². The van der Waals surface area contributed by atoms with E-state index in [4.69, 9.17) is 4.55 Å². The summed E-state index contributed by atoms with van der Waals surface area (Å²) in [5.74, 6) is -0.597. The molecule has 0 aromatic rings. The third-order valence-corrected chi connectivity index (χ3v) is 1.80. The van der Waals surface area contributed by atoms with Crippen molar-refractivity contribution < 1.29 is 22.2 Å². The summed E-state index contributed by atoms with van der Waals surface area (Å²) in [5, 5.41) is -0.328. The van der Waals surface area contributed by atoms with Gasteiger partial charge in [-0.1, -0.05) is 4.48 Å². The fraction of sp³-hybridized carbons (Fsp3) is 0.750. The quantitative estimate of drug-likeness (QED) is 0.473. The number of halogens is 1. The predicted molar refractivity (Wildman–Crippen MR) is 38.4 cm³/mol. The third-order valence-electron chi connectivity index (χ3n) is 0.996. The van der Waals surface area contributed by atoms with E-state index in [1.165, 1.54) is 0 Å². The second kappa shape index (κ2) is 4.21. The molecule has 0 heterocycles. The molecule has 0 aliphatic heterocycles. The standard InChI is InChI=1S/C4H9FN2O4S/c5-7(4(6)8)2-1-3-12(9,10)11/h1-3H2,(H2,6,8)(H,9,10,11). The van der Waals surface area contributed by atoms with Gasteiger partial charge in [0.25, 0.3) is 10.1 Å². The van der Waals surface area contributed by atoms with Gasteiger partial charge in [-0.2, -0.15) is 13.5 Å². The second-order valence-electron chi connectivity index (χ2n) is 2.06. The Morgan fingerprint density at radius 2 is 2.08 bits per heavy atom. The van der Waals surface area contributed by atoms with E-state index < -0.39 is 28.4 Å². The molecule has 0 saturated carbocycles. The summed E-state index contributed by atoms with van der Waals surface area (Å²) in [6.07, 6.45) is -0.196. The summed E-state index contributed by atoms with van der Waals surface area (Å²) in [6, 6.07) is -1.29. The molecule has 12 heavy (non-hydrogen) atoms. The highest BCUT2D eigenvalue weighted by Crippen LogP contribution is 1.94. The van der Waals surface area contributed by atoms with Gasteiger partial charge in [-0.05, 0) is 6.42 Å². The van der Waals surface area contributed by atoms with Crippen molar-refractivity contribution in [3.8, 4) is 0 Å². The summed E-state index contributed by atoms with van der Waals surface area (Å²) in [6.45, 7) is -0.449. The Kier molecular flexibility index (Phi) is 3.90. The lowest BCUT2D eigenvalue weighted by Gasteiger charge is -2.06. The van der Waals surface area contributed by atoms with E-state index in [9.17, 15) is 17.7 Å². The van der Waals surface area contributed by atoms with Gasteiger partial charge in [0.1, 0.15) is 0 Å². The zero-order chi connectivity index (χ0) is 9.78. The number of urea groups is 1. The van der Waals surface area contributed by atoms with Crippen LogP contribution in [0, 0.1) is 0 Å². The topological polar surface area (TPSA) is 101 Å². The maximum Gasteiger partial charge on any atom is 0.342 e. The highest BCUT2D eigenvalue weighted by Gasteiger charge is 2.10. The molecular weight excluding hydrogens is 191 g/mol. The predicted octanol–water partition coefficient (Wildman–Crippen LogP) is -0.470. The van der Waals surface area contributed by atoms with Crippen molar-refractivity contribution in [2.24, 2.45) is 5.73 Å². The van der Waals surface area contributed by atoms with Gasteiger partial charge in [-0.25, -0.2) is 4.79 Å². The number of rotatable bonds is 4. The van der Waals surface area contributed by atoms with Crippen LogP contribution in [0.25, 0.3) is 0 Å². The van der Waals surface area contributed by atoms with E-state index in [1.54, 1.807) is 0 Å². The van der Waals surface area contributed by atoms with E-state index >= 15 is 0 Å². The van der Waals surface area contributed by atoms with Gasteiger partial charge in [0, 0.05) is 0 Å². The van der Waals surface area contributed by atoms with Crippen molar-refractivity contribution in [1.29, 1.82) is 0 Å². The van der Waals surface area contributed by atoms with Crippen molar-refractivity contribution >= 4 is 16.1 Å². The molecule has 0 aromatic heterocycles. The van der Waals surface area contributed by atoms with Crippen molar-refractivity contribution in [2.75, 3.05) is 12.3 Å². The molecule has 0 radical (unpaired) electrons. The first-order chi connectivity index (χ1) is 5.33. The van der Waals surface area contributed by atoms with Crippen LogP contribution in [-0.2, 0) is 10.1 Å². The molecule has 72 valence electrons. The lowest BCUT2D eigenvalue weighted by molar-refractivity contribution is 0.0725. The average Bonchev–Trinajstić information content (AvgIpc) is 1.84. The molecular formula is C4H9FN2O4S. The van der Waals surface area contributed by atoms with Crippen LogP contribution in [0.5, 0.6) is 0 Å². The summed E-state index contributed by atoms with van der Waals surface area (Å²) in [4.78, 5) is 10.0. The molecule has 0 unspecified atom stereocenters. The van der Waals surface area contributed by atoms with E-state index in [0.29, 0.717) is 0 Å². The number of primary amides is 1. The second-order valence-corrected chi connectivity index (χ2v) is 3.64. The fourth-order valence-corrected chi connectivity index (χ4v) is 0.990. The molecule has 0 spiro atoms. The molecule has 0 saturated heterocycles. The zero-order valence-corrected chi connectivity index (χ0v) is 6.92. The van der Waals surface area contributed by atoms with Crippen LogP contribution < -0.4 is 5.73 Å². The monoisotopic (exact) mass is 200 g/mol. The van der Waals surface area contributed by atoms with Gasteiger partial charge in [0.2, 0.25) is 0 Å². The van der Waals surface area contributed by atoms with Crippen LogP contribution in [0.15, 0.2) is 0 Å². The van der Waals surface area contributed by atoms with Crippen molar-refractivity contribution in [1.82, 2.24) is 5.12 Å². The molecule has 2 amide bonds. The first kappa shape index (κ1) is 11.1. The van der Waals surface area contributed by atoms with Crippen LogP contribution in [0.4, 0.5) is 9.28 Å². The van der Waals surface area contributed by atoms with Crippen molar-refractivity contribution in [2.45, 2.75) is 6.42 Å². The average molecular weight is 200 g/mol. The molecule has 0 aromatic carbocycles. The third kappa shape index (κ3) is 5.86. The minimum Gasteiger partial charge on any atom is -0.350 e. The van der Waals surface area contributed by atoms with Crippen LogP contribution >= 0.6 is 0 Å². The largest absolute Gasteiger partial charge is 0.350 e. The van der Waals surface area contributed by atoms with Crippen LogP contribution in [-0.4, -0.2) is 36.4 Å². The van der Waals surface area contributed by atoms with Gasteiger partial charge >= 0.3 is 6.03 Å². The normalized spacial score (nSPS) is 11.2. The van der Waals surface area contributed by atoms with E-state index in [-0.39, 0.29) is 11.5 Å². The van der Waals surface area contributed by atoms with Crippen LogP contribution in [0.2, 0.25) is 0 Å². The Balaban J connectivity index is 3.65. The Bertz CT molecular complexity index is 252. The van der Waals surface area contributed by atoms with Gasteiger partial charge in [-0.15, -0.1) is 0 Å². The number of hydrogen-bond acceptors (Lipinski definition) is 3. The minimum atomic E-state index is -4.09. The first-order valence-electron chi connectivity index (χ1n) is 3.01. The first-order valence-corrected chi connectivity index (χ1v) is 4.62. The summed E-state index contributed by atoms with van der Waals surface area (Å²) in [7, 11) is -4.09. The van der Waals surface area contributed by atoms with Gasteiger partial charge in [-0.3, -0.25) is 4.55 Å². The highest BCUT2D eigenvalue weighted by molar-refractivity contribution is 7.85. The lowest BCUT2D eigenvalue weighted by atomic mass is 10.5. The molecule has 0 fully saturated rings. The minimum absolute atomic E-state index is 0.196. The molecule has 0 aliphatic carbocycles.